The smallest absolute Gasteiger partial charge is 0.323 e. The van der Waals surface area contributed by atoms with E-state index >= 15 is 0 Å². The lowest BCUT2D eigenvalue weighted by Gasteiger charge is -2.14. The van der Waals surface area contributed by atoms with Gasteiger partial charge in [-0.05, 0) is 37.3 Å². The zero-order chi connectivity index (χ0) is 19.1. The highest BCUT2D eigenvalue weighted by molar-refractivity contribution is 7.92. The Morgan fingerprint density at radius 2 is 1.85 bits per heavy atom. The van der Waals surface area contributed by atoms with Gasteiger partial charge in [-0.25, -0.2) is 4.39 Å². The number of nitrogens with zero attached hydrogens (tertiary/aromatic N) is 2. The van der Waals surface area contributed by atoms with Crippen molar-refractivity contribution >= 4 is 32.6 Å². The molecule has 2 aromatic carbocycles. The van der Waals surface area contributed by atoms with Crippen molar-refractivity contribution in [3.05, 3.63) is 60.0 Å². The second-order valence-corrected chi connectivity index (χ2v) is 7.29. The van der Waals surface area contributed by atoms with E-state index in [1.54, 1.807) is 6.07 Å². The van der Waals surface area contributed by atoms with Gasteiger partial charge in [0.25, 0.3) is 10.0 Å². The minimum absolute atomic E-state index is 0.00609. The molecule has 136 valence electrons. The van der Waals surface area contributed by atoms with E-state index in [1.165, 1.54) is 41.8 Å². The molecule has 6 nitrogen and oxygen atoms in total. The minimum atomic E-state index is -4.69. The fraction of sp³-hybridized carbons (Fsp3) is 0.118. The fourth-order valence-corrected chi connectivity index (χ4v) is 4.34. The summed E-state index contributed by atoms with van der Waals surface area (Å²) >= 11 is 0. The van der Waals surface area contributed by atoms with Gasteiger partial charge >= 0.3 is 5.97 Å². The number of rotatable bonds is 5. The average Bonchev–Trinajstić information content (AvgIpc) is 2.86. The van der Waals surface area contributed by atoms with Crippen LogP contribution in [0.2, 0.25) is 0 Å². The summed E-state index contributed by atoms with van der Waals surface area (Å²) in [5, 5.41) is 8.99. The van der Waals surface area contributed by atoms with Gasteiger partial charge in [-0.1, -0.05) is 27.2 Å². The van der Waals surface area contributed by atoms with Crippen molar-refractivity contribution in [3.8, 4) is 0 Å². The summed E-state index contributed by atoms with van der Waals surface area (Å²) in [4.78, 5) is 10.6. The monoisotopic (exact) mass is 380 g/mol. The van der Waals surface area contributed by atoms with Crippen molar-refractivity contribution < 1.29 is 27.2 Å². The third kappa shape index (κ3) is 2.90. The summed E-state index contributed by atoms with van der Waals surface area (Å²) in [6.07, 6.45) is 0. The Labute approximate surface area is 147 Å². The molecule has 0 aliphatic heterocycles. The van der Waals surface area contributed by atoms with Crippen LogP contribution in [0.5, 0.6) is 0 Å². The van der Waals surface area contributed by atoms with Crippen LogP contribution in [0.1, 0.15) is 5.69 Å². The summed E-state index contributed by atoms with van der Waals surface area (Å²) in [5.41, 5.74) is -0.0274. The number of sulfonamides is 1. The van der Waals surface area contributed by atoms with Gasteiger partial charge in [-0.3, -0.25) is 4.79 Å². The maximum Gasteiger partial charge on any atom is 0.323 e. The molecule has 1 N–H and O–H groups in total. The summed E-state index contributed by atoms with van der Waals surface area (Å²) in [5.74, 6) is -1.93. The van der Waals surface area contributed by atoms with Crippen LogP contribution in [0.4, 0.5) is 14.6 Å². The van der Waals surface area contributed by atoms with Crippen molar-refractivity contribution in [1.29, 1.82) is 0 Å². The van der Waals surface area contributed by atoms with Crippen LogP contribution in [0.25, 0.3) is 10.9 Å². The molecule has 9 heteroatoms. The van der Waals surface area contributed by atoms with Crippen molar-refractivity contribution in [2.24, 2.45) is 0 Å². The first-order chi connectivity index (χ1) is 12.2. The van der Waals surface area contributed by atoms with E-state index in [1.807, 2.05) is 0 Å². The second-order valence-electron chi connectivity index (χ2n) is 5.61. The van der Waals surface area contributed by atoms with E-state index in [-0.39, 0.29) is 22.3 Å². The van der Waals surface area contributed by atoms with Gasteiger partial charge in [-0.15, -0.1) is 0 Å². The van der Waals surface area contributed by atoms with Crippen LogP contribution in [0.3, 0.4) is 0 Å². The van der Waals surface area contributed by atoms with Gasteiger partial charge in [-0.2, -0.15) is 8.42 Å². The minimum Gasteiger partial charge on any atom is -0.480 e. The van der Waals surface area contributed by atoms with Crippen molar-refractivity contribution in [2.75, 3.05) is 4.53 Å². The molecule has 26 heavy (non-hydrogen) atoms. The fourth-order valence-electron chi connectivity index (χ4n) is 2.85. The number of carbonyl (C=O) groups is 1. The quantitative estimate of drug-likeness (QED) is 0.689. The second kappa shape index (κ2) is 6.41. The molecule has 0 radical (unpaired) electrons. The molecule has 0 saturated heterocycles. The molecule has 0 aliphatic rings. The summed E-state index contributed by atoms with van der Waals surface area (Å²) in [6, 6.07) is 10.4. The number of carboxylic acids is 1. The van der Waals surface area contributed by atoms with E-state index in [0.717, 1.165) is 12.1 Å². The van der Waals surface area contributed by atoms with Crippen LogP contribution in [0.15, 0.2) is 53.4 Å². The summed E-state index contributed by atoms with van der Waals surface area (Å²) in [7, 11) is -4.69. The highest BCUT2D eigenvalue weighted by atomic mass is 32.2. The summed E-state index contributed by atoms with van der Waals surface area (Å²) < 4.78 is 54.9. The predicted octanol–water partition coefficient (Wildman–Crippen LogP) is 3.25. The molecular weight excluding hydrogens is 366 g/mol. The number of aromatic nitrogens is 1. The molecule has 0 amide bonds. The number of anilines is 1. The molecule has 0 fully saturated rings. The van der Waals surface area contributed by atoms with Gasteiger partial charge < -0.3 is 9.67 Å². The Morgan fingerprint density at radius 3 is 2.46 bits per heavy atom. The number of hydrogen-bond acceptors (Lipinski definition) is 3. The third-order valence-electron chi connectivity index (χ3n) is 3.95. The number of para-hydroxylation sites is 1. The molecule has 0 spiro atoms. The van der Waals surface area contributed by atoms with Crippen LogP contribution in [0, 0.1) is 12.7 Å². The molecule has 1 aromatic heterocycles. The maximum absolute atomic E-state index is 14.7. The zero-order valence-electron chi connectivity index (χ0n) is 13.6. The molecule has 0 unspecified atom stereocenters. The highest BCUT2D eigenvalue weighted by Crippen LogP contribution is 2.34. The zero-order valence-corrected chi connectivity index (χ0v) is 14.4. The first-order valence-corrected chi connectivity index (χ1v) is 8.94. The van der Waals surface area contributed by atoms with Crippen LogP contribution < -0.4 is 4.53 Å². The van der Waals surface area contributed by atoms with Gasteiger partial charge in [0, 0.05) is 11.1 Å². The summed E-state index contributed by atoms with van der Waals surface area (Å²) in [6.45, 7) is 0.813. The van der Waals surface area contributed by atoms with E-state index in [2.05, 4.69) is 0 Å². The van der Waals surface area contributed by atoms with Gasteiger partial charge in [0.2, 0.25) is 0 Å². The lowest BCUT2D eigenvalue weighted by atomic mass is 10.2. The van der Waals surface area contributed by atoms with Crippen molar-refractivity contribution in [2.45, 2.75) is 18.4 Å². The van der Waals surface area contributed by atoms with E-state index in [0.29, 0.717) is 0 Å². The van der Waals surface area contributed by atoms with E-state index in [4.69, 9.17) is 5.11 Å². The molecule has 0 bridgehead atoms. The van der Waals surface area contributed by atoms with Crippen LogP contribution >= 0.6 is 0 Å². The molecule has 0 atom stereocenters. The van der Waals surface area contributed by atoms with E-state index in [9.17, 15) is 22.1 Å². The number of hydrogen-bond donors (Lipinski definition) is 1. The van der Waals surface area contributed by atoms with Crippen molar-refractivity contribution in [1.82, 2.24) is 4.57 Å². The molecule has 0 saturated carbocycles. The van der Waals surface area contributed by atoms with Gasteiger partial charge in [0.1, 0.15) is 17.3 Å². The largest absolute Gasteiger partial charge is 0.480 e. The number of carboxylic acid groups (broad SMARTS) is 1. The first kappa shape index (κ1) is 17.9. The molecular formula is C17H14F2N2O4S. The molecule has 3 rings (SSSR count). The topological polar surface area (TPSA) is 79.6 Å². The number of halogens is 2. The third-order valence-corrected chi connectivity index (χ3v) is 5.61. The molecule has 0 aliphatic carbocycles. The predicted molar refractivity (Wildman–Crippen MR) is 91.5 cm³/mol. The SMILES string of the molecule is Cc1c(S(=O)(=O)N(F)c2ccccc2)c2cc(F)ccc2n1CC(=O)O. The molecule has 3 aromatic rings. The number of fused-ring (bicyclic) bond motifs is 1. The first-order valence-electron chi connectivity index (χ1n) is 7.50. The Balaban J connectivity index is 2.28. The molecule has 1 heterocycles. The van der Waals surface area contributed by atoms with Crippen LogP contribution in [-0.4, -0.2) is 24.1 Å². The Kier molecular flexibility index (Phi) is 4.41. The number of aliphatic carboxylic acids is 1. The Hall–Kier alpha value is -2.94. The lowest BCUT2D eigenvalue weighted by molar-refractivity contribution is -0.137. The van der Waals surface area contributed by atoms with Crippen LogP contribution in [-0.2, 0) is 21.4 Å². The van der Waals surface area contributed by atoms with Crippen molar-refractivity contribution in [3.63, 3.8) is 0 Å². The van der Waals surface area contributed by atoms with E-state index < -0.39 is 37.8 Å². The van der Waals surface area contributed by atoms with Gasteiger partial charge in [0.05, 0.1) is 11.2 Å². The maximum atomic E-state index is 14.7. The lowest BCUT2D eigenvalue weighted by Crippen LogP contribution is -2.23. The number of benzene rings is 2. The standard InChI is InChI=1S/C17H14F2N2O4S/c1-11-17(26(24,25)21(19)13-5-3-2-4-6-13)14-9-12(18)7-8-15(14)20(11)10-16(22)23/h2-9H,10H2,1H3,(H,22,23). The highest BCUT2D eigenvalue weighted by Gasteiger charge is 2.32. The average molecular weight is 380 g/mol. The Morgan fingerprint density at radius 1 is 1.19 bits per heavy atom. The Bertz CT molecular complexity index is 1090. The van der Waals surface area contributed by atoms with Gasteiger partial charge in [0.15, 0.2) is 0 Å². The normalized spacial score (nSPS) is 11.7.